The summed E-state index contributed by atoms with van der Waals surface area (Å²) in [5.41, 5.74) is 4.21. The number of thiazole rings is 1. The standard InChI is InChI=1S/C25H22ClN3OS2/c1-25(2,3)16-10-8-15(9-11-16)22(30)29-24(31)28-19-13-12-17(26)14-18(19)23-27-20-6-4-5-7-21(20)32-23/h4-14H,1-3H3,(H2,28,29,30,31). The van der Waals surface area contributed by atoms with Crippen molar-refractivity contribution in [1.82, 2.24) is 10.3 Å². The van der Waals surface area contributed by atoms with Gasteiger partial charge >= 0.3 is 0 Å². The maximum absolute atomic E-state index is 12.7. The molecule has 1 aromatic heterocycles. The molecule has 4 aromatic rings. The van der Waals surface area contributed by atoms with Crippen LogP contribution in [0.25, 0.3) is 20.8 Å². The Balaban J connectivity index is 1.53. The number of rotatable bonds is 3. The van der Waals surface area contributed by atoms with Crippen molar-refractivity contribution in [3.8, 4) is 10.6 Å². The average Bonchev–Trinajstić information content (AvgIpc) is 3.18. The van der Waals surface area contributed by atoms with E-state index in [1.165, 1.54) is 0 Å². The number of amides is 1. The second-order valence-corrected chi connectivity index (χ2v) is 10.3. The molecule has 0 fully saturated rings. The third-order valence-corrected chi connectivity index (χ3v) is 6.50. The Bertz CT molecular complexity index is 1270. The molecular weight excluding hydrogens is 458 g/mol. The molecule has 0 saturated carbocycles. The molecule has 0 bridgehead atoms. The summed E-state index contributed by atoms with van der Waals surface area (Å²) in [5, 5.41) is 7.50. The number of carbonyl (C=O) groups excluding carboxylic acids is 1. The molecule has 0 radical (unpaired) electrons. The lowest BCUT2D eigenvalue weighted by atomic mass is 9.87. The van der Waals surface area contributed by atoms with Crippen molar-refractivity contribution in [3.05, 3.63) is 82.9 Å². The van der Waals surface area contributed by atoms with Gasteiger partial charge in [0.2, 0.25) is 0 Å². The van der Waals surface area contributed by atoms with Crippen molar-refractivity contribution >= 4 is 62.1 Å². The Morgan fingerprint density at radius 3 is 2.44 bits per heavy atom. The number of fused-ring (bicyclic) bond motifs is 1. The lowest BCUT2D eigenvalue weighted by molar-refractivity contribution is 0.0977. The zero-order chi connectivity index (χ0) is 22.9. The number of thiocarbonyl (C=S) groups is 1. The maximum Gasteiger partial charge on any atom is 0.257 e. The first-order valence-electron chi connectivity index (χ1n) is 10.1. The van der Waals surface area contributed by atoms with E-state index in [-0.39, 0.29) is 16.4 Å². The molecule has 4 rings (SSSR count). The zero-order valence-electron chi connectivity index (χ0n) is 17.9. The number of halogens is 1. The summed E-state index contributed by atoms with van der Waals surface area (Å²) in [6.07, 6.45) is 0. The Labute approximate surface area is 201 Å². The highest BCUT2D eigenvalue weighted by atomic mass is 35.5. The molecule has 3 aromatic carbocycles. The Morgan fingerprint density at radius 2 is 1.75 bits per heavy atom. The molecule has 7 heteroatoms. The van der Waals surface area contributed by atoms with E-state index in [1.807, 2.05) is 60.7 Å². The highest BCUT2D eigenvalue weighted by Crippen LogP contribution is 2.36. The lowest BCUT2D eigenvalue weighted by Gasteiger charge is -2.19. The van der Waals surface area contributed by atoms with E-state index >= 15 is 0 Å². The quantitative estimate of drug-likeness (QED) is 0.309. The van der Waals surface area contributed by atoms with Crippen LogP contribution in [0.1, 0.15) is 36.7 Å². The van der Waals surface area contributed by atoms with Gasteiger partial charge in [0.15, 0.2) is 5.11 Å². The summed E-state index contributed by atoms with van der Waals surface area (Å²) < 4.78 is 1.09. The predicted octanol–water partition coefficient (Wildman–Crippen LogP) is 7.04. The van der Waals surface area contributed by atoms with Gasteiger partial charge in [0.25, 0.3) is 5.91 Å². The molecule has 2 N–H and O–H groups in total. The molecule has 0 aliphatic heterocycles. The highest BCUT2D eigenvalue weighted by molar-refractivity contribution is 7.80. The zero-order valence-corrected chi connectivity index (χ0v) is 20.3. The van der Waals surface area contributed by atoms with Gasteiger partial charge < -0.3 is 5.32 Å². The van der Waals surface area contributed by atoms with Gasteiger partial charge in [-0.3, -0.25) is 10.1 Å². The third-order valence-electron chi connectivity index (χ3n) is 4.99. The third kappa shape index (κ3) is 4.99. The van der Waals surface area contributed by atoms with E-state index in [0.29, 0.717) is 10.6 Å². The van der Waals surface area contributed by atoms with Gasteiger partial charge in [-0.1, -0.05) is 56.6 Å². The average molecular weight is 480 g/mol. The molecule has 1 heterocycles. The first-order chi connectivity index (χ1) is 15.2. The number of carbonyl (C=O) groups is 1. The van der Waals surface area contributed by atoms with Crippen LogP contribution < -0.4 is 10.6 Å². The number of para-hydroxylation sites is 1. The maximum atomic E-state index is 12.7. The summed E-state index contributed by atoms with van der Waals surface area (Å²) in [7, 11) is 0. The minimum absolute atomic E-state index is 0.0253. The van der Waals surface area contributed by atoms with Gasteiger partial charge in [-0.25, -0.2) is 4.98 Å². The van der Waals surface area contributed by atoms with E-state index in [4.69, 9.17) is 28.8 Å². The molecule has 0 aliphatic carbocycles. The highest BCUT2D eigenvalue weighted by Gasteiger charge is 2.16. The number of nitrogens with one attached hydrogen (secondary N) is 2. The number of hydrogen-bond donors (Lipinski definition) is 2. The van der Waals surface area contributed by atoms with Crippen LogP contribution in [0.5, 0.6) is 0 Å². The first-order valence-corrected chi connectivity index (χ1v) is 11.7. The topological polar surface area (TPSA) is 54.0 Å². The molecule has 0 spiro atoms. The van der Waals surface area contributed by atoms with Crippen LogP contribution in [0.4, 0.5) is 5.69 Å². The molecule has 0 atom stereocenters. The van der Waals surface area contributed by atoms with Crippen LogP contribution >= 0.6 is 35.2 Å². The molecule has 0 saturated heterocycles. The number of anilines is 1. The molecule has 1 amide bonds. The first kappa shape index (κ1) is 22.4. The van der Waals surface area contributed by atoms with Crippen molar-refractivity contribution in [2.75, 3.05) is 5.32 Å². The monoisotopic (exact) mass is 479 g/mol. The van der Waals surface area contributed by atoms with Crippen LogP contribution in [0, 0.1) is 0 Å². The summed E-state index contributed by atoms with van der Waals surface area (Å²) in [6, 6.07) is 21.0. The molecule has 162 valence electrons. The molecule has 4 nitrogen and oxygen atoms in total. The fraction of sp³-hybridized carbons (Fsp3) is 0.160. The lowest BCUT2D eigenvalue weighted by Crippen LogP contribution is -2.34. The Hall–Kier alpha value is -2.80. The molecule has 32 heavy (non-hydrogen) atoms. The molecular formula is C25H22ClN3OS2. The largest absolute Gasteiger partial charge is 0.332 e. The van der Waals surface area contributed by atoms with Crippen LogP contribution in [0.3, 0.4) is 0 Å². The smallest absolute Gasteiger partial charge is 0.257 e. The second kappa shape index (κ2) is 8.98. The minimum Gasteiger partial charge on any atom is -0.332 e. The van der Waals surface area contributed by atoms with Crippen molar-refractivity contribution in [2.24, 2.45) is 0 Å². The number of benzene rings is 3. The molecule has 0 unspecified atom stereocenters. The van der Waals surface area contributed by atoms with Crippen LogP contribution in [-0.4, -0.2) is 16.0 Å². The van der Waals surface area contributed by atoms with Crippen molar-refractivity contribution in [1.29, 1.82) is 0 Å². The van der Waals surface area contributed by atoms with Gasteiger partial charge in [0, 0.05) is 16.1 Å². The second-order valence-electron chi connectivity index (χ2n) is 8.41. The number of nitrogens with zero attached hydrogens (tertiary/aromatic N) is 1. The predicted molar refractivity (Wildman–Crippen MR) is 139 cm³/mol. The van der Waals surface area contributed by atoms with Gasteiger partial charge in [-0.05, 0) is 65.7 Å². The number of hydrogen-bond acceptors (Lipinski definition) is 4. The van der Waals surface area contributed by atoms with Crippen molar-refractivity contribution in [3.63, 3.8) is 0 Å². The van der Waals surface area contributed by atoms with Crippen molar-refractivity contribution in [2.45, 2.75) is 26.2 Å². The van der Waals surface area contributed by atoms with Crippen molar-refractivity contribution < 1.29 is 4.79 Å². The fourth-order valence-electron chi connectivity index (χ4n) is 3.24. The van der Waals surface area contributed by atoms with E-state index in [9.17, 15) is 4.79 Å². The van der Waals surface area contributed by atoms with Gasteiger partial charge in [-0.15, -0.1) is 11.3 Å². The summed E-state index contributed by atoms with van der Waals surface area (Å²) >= 11 is 13.2. The number of aromatic nitrogens is 1. The molecule has 0 aliphatic rings. The van der Waals surface area contributed by atoms with Gasteiger partial charge in [0.05, 0.1) is 15.9 Å². The Morgan fingerprint density at radius 1 is 1.03 bits per heavy atom. The van der Waals surface area contributed by atoms with Gasteiger partial charge in [-0.2, -0.15) is 0 Å². The summed E-state index contributed by atoms with van der Waals surface area (Å²) in [4.78, 5) is 17.4. The Kier molecular flexibility index (Phi) is 6.29. The van der Waals surface area contributed by atoms with E-state index in [1.54, 1.807) is 17.4 Å². The summed E-state index contributed by atoms with van der Waals surface area (Å²) in [5.74, 6) is -0.265. The van der Waals surface area contributed by atoms with Crippen LogP contribution in [0.2, 0.25) is 5.02 Å². The van der Waals surface area contributed by atoms with E-state index < -0.39 is 0 Å². The van der Waals surface area contributed by atoms with E-state index in [0.717, 1.165) is 32.0 Å². The fourth-order valence-corrected chi connectivity index (χ4v) is 4.61. The summed E-state index contributed by atoms with van der Waals surface area (Å²) in [6.45, 7) is 6.41. The minimum atomic E-state index is -0.265. The normalized spacial score (nSPS) is 11.4. The van der Waals surface area contributed by atoms with Gasteiger partial charge in [0.1, 0.15) is 5.01 Å². The van der Waals surface area contributed by atoms with Crippen LogP contribution in [-0.2, 0) is 5.41 Å². The van der Waals surface area contributed by atoms with E-state index in [2.05, 4.69) is 31.4 Å². The SMILES string of the molecule is CC(C)(C)c1ccc(C(=O)NC(=S)Nc2ccc(Cl)cc2-c2nc3ccccc3s2)cc1. The van der Waals surface area contributed by atoms with Crippen LogP contribution in [0.15, 0.2) is 66.7 Å².